The molecule has 1 saturated heterocycles. The number of amides is 1. The molecule has 5 nitrogen and oxygen atoms in total. The predicted molar refractivity (Wildman–Crippen MR) is 143 cm³/mol. The number of para-hydroxylation sites is 1. The summed E-state index contributed by atoms with van der Waals surface area (Å²) in [5.41, 5.74) is 5.16. The lowest BCUT2D eigenvalue weighted by molar-refractivity contribution is -0.135. The topological polar surface area (TPSA) is 36.0 Å². The molecule has 0 spiro atoms. The summed E-state index contributed by atoms with van der Waals surface area (Å²) in [5.74, 6) is 1.98. The van der Waals surface area contributed by atoms with Crippen LogP contribution in [0.2, 0.25) is 0 Å². The van der Waals surface area contributed by atoms with Crippen molar-refractivity contribution in [2.24, 2.45) is 0 Å². The summed E-state index contributed by atoms with van der Waals surface area (Å²) in [4.78, 5) is 20.0. The minimum absolute atomic E-state index is 0.293. The molecule has 3 aromatic rings. The molecular weight excluding hydrogens is 446 g/mol. The summed E-state index contributed by atoms with van der Waals surface area (Å²) in [7, 11) is 0. The number of benzene rings is 3. The Bertz CT molecular complexity index is 1180. The van der Waals surface area contributed by atoms with Gasteiger partial charge in [0.15, 0.2) is 0 Å². The molecule has 1 aliphatic carbocycles. The van der Waals surface area contributed by atoms with Gasteiger partial charge in [-0.15, -0.1) is 0 Å². The van der Waals surface area contributed by atoms with Crippen molar-refractivity contribution in [3.05, 3.63) is 83.9 Å². The van der Waals surface area contributed by atoms with Gasteiger partial charge in [0.25, 0.3) is 0 Å². The van der Waals surface area contributed by atoms with Crippen molar-refractivity contribution < 1.29 is 9.53 Å². The molecule has 0 bridgehead atoms. The first-order chi connectivity index (χ1) is 17.7. The van der Waals surface area contributed by atoms with E-state index in [4.69, 9.17) is 4.74 Å². The van der Waals surface area contributed by atoms with E-state index in [1.807, 2.05) is 42.5 Å². The monoisotopic (exact) mass is 481 g/mol. The molecular formula is C31H35N3O2. The lowest BCUT2D eigenvalue weighted by Gasteiger charge is -2.43. The Morgan fingerprint density at radius 2 is 1.50 bits per heavy atom. The van der Waals surface area contributed by atoms with Crippen LogP contribution in [0.1, 0.15) is 30.4 Å². The fourth-order valence-corrected chi connectivity index (χ4v) is 5.65. The van der Waals surface area contributed by atoms with Crippen molar-refractivity contribution in [1.82, 2.24) is 14.7 Å². The molecule has 0 atom stereocenters. The maximum Gasteiger partial charge on any atom is 0.236 e. The number of nitrogens with zero attached hydrogens (tertiary/aromatic N) is 3. The van der Waals surface area contributed by atoms with E-state index in [0.717, 1.165) is 63.2 Å². The molecule has 0 radical (unpaired) electrons. The van der Waals surface area contributed by atoms with E-state index in [9.17, 15) is 4.79 Å². The average molecular weight is 482 g/mol. The average Bonchev–Trinajstić information content (AvgIpc) is 2.89. The van der Waals surface area contributed by atoms with Gasteiger partial charge in [0.05, 0.1) is 6.54 Å². The van der Waals surface area contributed by atoms with Crippen LogP contribution in [0.25, 0.3) is 11.1 Å². The molecule has 3 aliphatic rings. The Morgan fingerprint density at radius 1 is 0.778 bits per heavy atom. The highest BCUT2D eigenvalue weighted by atomic mass is 16.5. The minimum atomic E-state index is 0.293. The second-order valence-electron chi connectivity index (χ2n) is 10.4. The first kappa shape index (κ1) is 23.3. The largest absolute Gasteiger partial charge is 0.457 e. The summed E-state index contributed by atoms with van der Waals surface area (Å²) in [5, 5.41) is 0. The van der Waals surface area contributed by atoms with Crippen LogP contribution in [0, 0.1) is 0 Å². The van der Waals surface area contributed by atoms with Gasteiger partial charge in [0.1, 0.15) is 11.5 Å². The first-order valence-corrected chi connectivity index (χ1v) is 13.4. The van der Waals surface area contributed by atoms with Crippen LogP contribution in [0.4, 0.5) is 0 Å². The zero-order valence-corrected chi connectivity index (χ0v) is 20.9. The van der Waals surface area contributed by atoms with E-state index in [2.05, 4.69) is 45.0 Å². The molecule has 3 aromatic carbocycles. The van der Waals surface area contributed by atoms with Gasteiger partial charge < -0.3 is 9.64 Å². The third-order valence-corrected chi connectivity index (χ3v) is 8.08. The van der Waals surface area contributed by atoms with Crippen molar-refractivity contribution in [3.8, 4) is 22.6 Å². The third-order valence-electron chi connectivity index (χ3n) is 8.08. The zero-order chi connectivity index (χ0) is 24.3. The smallest absolute Gasteiger partial charge is 0.236 e. The summed E-state index contributed by atoms with van der Waals surface area (Å²) in [6.45, 7) is 6.19. The SMILES string of the molecule is O=C(CN1CCc2cc(-c3ccc(Oc4ccccc4)cc3)ccc2C1)N1CCN(C2CCC2)CC1. The molecule has 36 heavy (non-hydrogen) atoms. The maximum absolute atomic E-state index is 13.0. The lowest BCUT2D eigenvalue weighted by atomic mass is 9.91. The van der Waals surface area contributed by atoms with E-state index in [-0.39, 0.29) is 0 Å². The van der Waals surface area contributed by atoms with Crippen molar-refractivity contribution in [2.45, 2.75) is 38.3 Å². The van der Waals surface area contributed by atoms with Crippen LogP contribution in [0.5, 0.6) is 11.5 Å². The van der Waals surface area contributed by atoms with E-state index < -0.39 is 0 Å². The Morgan fingerprint density at radius 3 is 2.22 bits per heavy atom. The van der Waals surface area contributed by atoms with E-state index in [1.54, 1.807) is 0 Å². The standard InChI is InChI=1S/C31H35N3O2/c35-31(34-19-17-33(18-20-34)28-5-4-6-28)23-32-16-15-26-21-25(9-10-27(26)22-32)24-11-13-30(14-12-24)36-29-7-2-1-3-8-29/h1-3,7-14,21,28H,4-6,15-20,22-23H2. The Kier molecular flexibility index (Phi) is 6.75. The van der Waals surface area contributed by atoms with Gasteiger partial charge in [-0.05, 0) is 65.8 Å². The number of hydrogen-bond acceptors (Lipinski definition) is 4. The van der Waals surface area contributed by atoms with Crippen LogP contribution in [-0.2, 0) is 17.8 Å². The normalized spacial score (nSPS) is 18.9. The highest BCUT2D eigenvalue weighted by molar-refractivity contribution is 5.78. The molecule has 1 amide bonds. The highest BCUT2D eigenvalue weighted by Gasteiger charge is 2.30. The van der Waals surface area contributed by atoms with Gasteiger partial charge >= 0.3 is 0 Å². The Hall–Kier alpha value is -3.15. The number of fused-ring (bicyclic) bond motifs is 1. The van der Waals surface area contributed by atoms with Crippen LogP contribution in [0.3, 0.4) is 0 Å². The quantitative estimate of drug-likeness (QED) is 0.485. The molecule has 0 N–H and O–H groups in total. The highest BCUT2D eigenvalue weighted by Crippen LogP contribution is 2.29. The summed E-state index contributed by atoms with van der Waals surface area (Å²) >= 11 is 0. The molecule has 2 aliphatic heterocycles. The molecule has 0 unspecified atom stereocenters. The maximum atomic E-state index is 13.0. The van der Waals surface area contributed by atoms with Crippen LogP contribution < -0.4 is 4.74 Å². The minimum Gasteiger partial charge on any atom is -0.457 e. The van der Waals surface area contributed by atoms with Gasteiger partial charge in [-0.3, -0.25) is 14.6 Å². The van der Waals surface area contributed by atoms with Crippen LogP contribution in [0.15, 0.2) is 72.8 Å². The zero-order valence-electron chi connectivity index (χ0n) is 20.9. The predicted octanol–water partition coefficient (Wildman–Crippen LogP) is 5.20. The lowest BCUT2D eigenvalue weighted by Crippen LogP contribution is -2.55. The third kappa shape index (κ3) is 5.18. The fraction of sp³-hybridized carbons (Fsp3) is 0.387. The fourth-order valence-electron chi connectivity index (χ4n) is 5.65. The number of hydrogen-bond donors (Lipinski definition) is 0. The molecule has 2 heterocycles. The van der Waals surface area contributed by atoms with E-state index in [0.29, 0.717) is 12.5 Å². The molecule has 186 valence electrons. The van der Waals surface area contributed by atoms with Crippen LogP contribution >= 0.6 is 0 Å². The van der Waals surface area contributed by atoms with Gasteiger partial charge in [-0.25, -0.2) is 0 Å². The Balaban J connectivity index is 1.04. The Labute approximate surface area is 214 Å². The summed E-state index contributed by atoms with van der Waals surface area (Å²) in [6, 6.07) is 25.7. The molecule has 1 saturated carbocycles. The number of carbonyl (C=O) groups is 1. The van der Waals surface area contributed by atoms with Gasteiger partial charge in [-0.1, -0.05) is 55.0 Å². The summed E-state index contributed by atoms with van der Waals surface area (Å²) in [6.07, 6.45) is 5.05. The van der Waals surface area contributed by atoms with Crippen molar-refractivity contribution >= 4 is 5.91 Å². The number of carbonyl (C=O) groups excluding carboxylic acids is 1. The number of rotatable bonds is 6. The van der Waals surface area contributed by atoms with Crippen molar-refractivity contribution in [3.63, 3.8) is 0 Å². The molecule has 5 heteroatoms. The second kappa shape index (κ2) is 10.5. The van der Waals surface area contributed by atoms with E-state index >= 15 is 0 Å². The molecule has 6 rings (SSSR count). The molecule has 2 fully saturated rings. The second-order valence-corrected chi connectivity index (χ2v) is 10.4. The molecule has 0 aromatic heterocycles. The van der Waals surface area contributed by atoms with Gasteiger partial charge in [0, 0.05) is 45.3 Å². The number of ether oxygens (including phenoxy) is 1. The van der Waals surface area contributed by atoms with Gasteiger partial charge in [0.2, 0.25) is 5.91 Å². The van der Waals surface area contributed by atoms with Crippen LogP contribution in [-0.4, -0.2) is 65.9 Å². The first-order valence-electron chi connectivity index (χ1n) is 13.4. The van der Waals surface area contributed by atoms with Gasteiger partial charge in [-0.2, -0.15) is 0 Å². The van der Waals surface area contributed by atoms with E-state index in [1.165, 1.54) is 41.5 Å². The van der Waals surface area contributed by atoms with Crippen molar-refractivity contribution in [1.29, 1.82) is 0 Å². The summed E-state index contributed by atoms with van der Waals surface area (Å²) < 4.78 is 5.93. The number of piperazine rings is 1. The van der Waals surface area contributed by atoms with Crippen molar-refractivity contribution in [2.75, 3.05) is 39.3 Å².